The molecule has 22 heavy (non-hydrogen) atoms. The first-order valence-corrected chi connectivity index (χ1v) is 8.25. The maximum Gasteiger partial charge on any atom is 0.331 e. The van der Waals surface area contributed by atoms with Crippen LogP contribution in [-0.4, -0.2) is 12.1 Å². The summed E-state index contributed by atoms with van der Waals surface area (Å²) < 4.78 is 5.82. The second-order valence-corrected chi connectivity index (χ2v) is 7.30. The highest BCUT2D eigenvalue weighted by Crippen LogP contribution is 2.58. The summed E-state index contributed by atoms with van der Waals surface area (Å²) in [6.45, 7) is 11.3. The van der Waals surface area contributed by atoms with E-state index in [1.165, 1.54) is 0 Å². The monoisotopic (exact) mass is 300 g/mol. The van der Waals surface area contributed by atoms with Crippen molar-refractivity contribution in [3.05, 3.63) is 42.0 Å². The normalized spacial score (nSPS) is 30.6. The Balaban J connectivity index is 2.07. The van der Waals surface area contributed by atoms with Crippen molar-refractivity contribution in [1.29, 1.82) is 0 Å². The molecule has 120 valence electrons. The maximum atomic E-state index is 12.2. The van der Waals surface area contributed by atoms with Crippen molar-refractivity contribution in [2.75, 3.05) is 0 Å². The lowest BCUT2D eigenvalue weighted by atomic mass is 9.64. The van der Waals surface area contributed by atoms with E-state index in [1.54, 1.807) is 6.08 Å². The van der Waals surface area contributed by atoms with Gasteiger partial charge in [-0.15, -0.1) is 0 Å². The molecule has 1 aliphatic carbocycles. The van der Waals surface area contributed by atoms with E-state index in [1.807, 2.05) is 36.4 Å². The lowest BCUT2D eigenvalue weighted by Crippen LogP contribution is -2.40. The van der Waals surface area contributed by atoms with E-state index in [-0.39, 0.29) is 22.9 Å². The Morgan fingerprint density at radius 1 is 1.27 bits per heavy atom. The number of hydrogen-bond donors (Lipinski definition) is 0. The van der Waals surface area contributed by atoms with Crippen molar-refractivity contribution in [1.82, 2.24) is 0 Å². The van der Waals surface area contributed by atoms with Crippen LogP contribution in [0.1, 0.15) is 53.0 Å². The summed E-state index contributed by atoms with van der Waals surface area (Å²) in [5.74, 6) is 0.312. The van der Waals surface area contributed by atoms with E-state index in [0.717, 1.165) is 18.4 Å². The highest BCUT2D eigenvalue weighted by atomic mass is 16.5. The molecule has 1 aliphatic rings. The van der Waals surface area contributed by atoms with E-state index in [9.17, 15) is 4.79 Å². The quantitative estimate of drug-likeness (QED) is 0.571. The molecule has 0 bridgehead atoms. The first-order chi connectivity index (χ1) is 10.3. The zero-order chi connectivity index (χ0) is 16.4. The molecule has 3 unspecified atom stereocenters. The van der Waals surface area contributed by atoms with Gasteiger partial charge in [0.1, 0.15) is 6.10 Å². The van der Waals surface area contributed by atoms with Crippen molar-refractivity contribution in [3.63, 3.8) is 0 Å². The molecule has 0 aliphatic heterocycles. The van der Waals surface area contributed by atoms with Crippen LogP contribution >= 0.6 is 0 Å². The molecule has 1 aromatic carbocycles. The molecule has 1 saturated carbocycles. The second kappa shape index (κ2) is 6.28. The van der Waals surface area contributed by atoms with Crippen LogP contribution in [0.2, 0.25) is 0 Å². The van der Waals surface area contributed by atoms with Gasteiger partial charge in [-0.25, -0.2) is 4.79 Å². The highest BCUT2D eigenvalue weighted by molar-refractivity contribution is 5.87. The summed E-state index contributed by atoms with van der Waals surface area (Å²) in [4.78, 5) is 12.2. The van der Waals surface area contributed by atoms with Crippen molar-refractivity contribution in [2.45, 2.75) is 53.6 Å². The average Bonchev–Trinajstić information content (AvgIpc) is 2.67. The molecule has 2 rings (SSSR count). The van der Waals surface area contributed by atoms with Gasteiger partial charge in [-0.1, -0.05) is 65.0 Å². The van der Waals surface area contributed by atoms with Crippen molar-refractivity contribution in [3.8, 4) is 0 Å². The zero-order valence-electron chi connectivity index (χ0n) is 14.4. The van der Waals surface area contributed by atoms with Crippen LogP contribution in [0.15, 0.2) is 36.4 Å². The van der Waals surface area contributed by atoms with Crippen LogP contribution in [0, 0.1) is 16.7 Å². The van der Waals surface area contributed by atoms with Crippen molar-refractivity contribution in [2.24, 2.45) is 16.7 Å². The van der Waals surface area contributed by atoms with Gasteiger partial charge in [0.15, 0.2) is 0 Å². The molecule has 0 spiro atoms. The van der Waals surface area contributed by atoms with Crippen molar-refractivity contribution >= 4 is 12.0 Å². The first-order valence-electron chi connectivity index (χ1n) is 8.25. The summed E-state index contributed by atoms with van der Waals surface area (Å²) >= 11 is 0. The van der Waals surface area contributed by atoms with Gasteiger partial charge in [0.2, 0.25) is 0 Å². The standard InChI is InChI=1S/C20H28O2/c1-6-20(5)17(14-15(2)19(20,3)4)22-18(21)13-12-16-10-8-7-9-11-16/h7-13,15,17H,6,14H2,1-5H3. The maximum absolute atomic E-state index is 12.2. The minimum atomic E-state index is -0.238. The Morgan fingerprint density at radius 2 is 1.91 bits per heavy atom. The third kappa shape index (κ3) is 2.97. The Hall–Kier alpha value is -1.57. The van der Waals surface area contributed by atoms with Gasteiger partial charge in [-0.2, -0.15) is 0 Å². The first kappa shape index (κ1) is 16.8. The number of rotatable bonds is 4. The Morgan fingerprint density at radius 3 is 2.50 bits per heavy atom. The van der Waals surface area contributed by atoms with Gasteiger partial charge in [-0.3, -0.25) is 0 Å². The number of esters is 1. The molecular weight excluding hydrogens is 272 g/mol. The molecule has 0 aromatic heterocycles. The largest absolute Gasteiger partial charge is 0.459 e. The molecule has 3 atom stereocenters. The van der Waals surface area contributed by atoms with E-state index >= 15 is 0 Å². The third-order valence-corrected chi connectivity index (χ3v) is 6.19. The number of hydrogen-bond acceptors (Lipinski definition) is 2. The Bertz CT molecular complexity index is 544. The predicted molar refractivity (Wildman–Crippen MR) is 91.3 cm³/mol. The highest BCUT2D eigenvalue weighted by Gasteiger charge is 2.56. The van der Waals surface area contributed by atoms with Crippen LogP contribution in [-0.2, 0) is 9.53 Å². The minimum absolute atomic E-state index is 0.00424. The summed E-state index contributed by atoms with van der Waals surface area (Å²) in [6, 6.07) is 9.83. The number of benzene rings is 1. The van der Waals surface area contributed by atoms with Crippen LogP contribution in [0.3, 0.4) is 0 Å². The molecule has 1 aromatic rings. The predicted octanol–water partition coefficient (Wildman–Crippen LogP) is 5.09. The van der Waals surface area contributed by atoms with Gasteiger partial charge in [-0.05, 0) is 35.8 Å². The van der Waals surface area contributed by atoms with E-state index in [4.69, 9.17) is 4.74 Å². The summed E-state index contributed by atoms with van der Waals surface area (Å²) in [7, 11) is 0. The smallest absolute Gasteiger partial charge is 0.331 e. The Kier molecular flexibility index (Phi) is 4.79. The van der Waals surface area contributed by atoms with E-state index in [2.05, 4.69) is 34.6 Å². The minimum Gasteiger partial charge on any atom is -0.459 e. The fourth-order valence-corrected chi connectivity index (χ4v) is 3.62. The summed E-state index contributed by atoms with van der Waals surface area (Å²) in [5, 5.41) is 0. The van der Waals surface area contributed by atoms with Crippen LogP contribution < -0.4 is 0 Å². The molecule has 2 heteroatoms. The molecule has 2 nitrogen and oxygen atoms in total. The number of carbonyl (C=O) groups excluding carboxylic acids is 1. The van der Waals surface area contributed by atoms with Gasteiger partial charge in [0, 0.05) is 11.5 Å². The van der Waals surface area contributed by atoms with E-state index in [0.29, 0.717) is 5.92 Å². The lowest BCUT2D eigenvalue weighted by molar-refractivity contribution is -0.150. The molecule has 0 heterocycles. The SMILES string of the molecule is CCC1(C)C(OC(=O)C=Cc2ccccc2)CC(C)C1(C)C. The van der Waals surface area contributed by atoms with Gasteiger partial charge in [0.05, 0.1) is 0 Å². The molecule has 0 N–H and O–H groups in total. The number of carbonyl (C=O) groups is 1. The van der Waals surface area contributed by atoms with Crippen LogP contribution in [0.4, 0.5) is 0 Å². The topological polar surface area (TPSA) is 26.3 Å². The van der Waals surface area contributed by atoms with Gasteiger partial charge < -0.3 is 4.74 Å². The second-order valence-electron chi connectivity index (χ2n) is 7.30. The van der Waals surface area contributed by atoms with Crippen LogP contribution in [0.25, 0.3) is 6.08 Å². The third-order valence-electron chi connectivity index (χ3n) is 6.19. The molecule has 0 amide bonds. The van der Waals surface area contributed by atoms with Crippen molar-refractivity contribution < 1.29 is 9.53 Å². The van der Waals surface area contributed by atoms with Crippen LogP contribution in [0.5, 0.6) is 0 Å². The fraction of sp³-hybridized carbons (Fsp3) is 0.550. The average molecular weight is 300 g/mol. The summed E-state index contributed by atoms with van der Waals surface area (Å²) in [5.41, 5.74) is 1.22. The number of ether oxygens (including phenoxy) is 1. The molecule has 0 radical (unpaired) electrons. The fourth-order valence-electron chi connectivity index (χ4n) is 3.62. The van der Waals surface area contributed by atoms with Gasteiger partial charge >= 0.3 is 5.97 Å². The van der Waals surface area contributed by atoms with Gasteiger partial charge in [0.25, 0.3) is 0 Å². The van der Waals surface area contributed by atoms with E-state index < -0.39 is 0 Å². The lowest BCUT2D eigenvalue weighted by Gasteiger charge is -2.42. The molecule has 0 saturated heterocycles. The zero-order valence-corrected chi connectivity index (χ0v) is 14.4. The molecule has 1 fully saturated rings. The Labute approximate surface area is 134 Å². The molecular formula is C20H28O2. The summed E-state index contributed by atoms with van der Waals surface area (Å²) in [6.07, 6.45) is 5.32.